The number of quaternary nitrogens is 1. The molecule has 0 aliphatic carbocycles. The molecule has 26 heavy (non-hydrogen) atoms. The van der Waals surface area contributed by atoms with E-state index in [9.17, 15) is 4.79 Å². The Bertz CT molecular complexity index is 1070. The molecule has 4 rings (SSSR count). The molecule has 0 saturated heterocycles. The Hall–Kier alpha value is -2.76. The van der Waals surface area contributed by atoms with Crippen molar-refractivity contribution in [1.29, 1.82) is 0 Å². The van der Waals surface area contributed by atoms with Crippen LogP contribution in [0.3, 0.4) is 0 Å². The van der Waals surface area contributed by atoms with E-state index in [1.54, 1.807) is 21.8 Å². The molecule has 0 saturated carbocycles. The van der Waals surface area contributed by atoms with Crippen LogP contribution in [0.2, 0.25) is 0 Å². The van der Waals surface area contributed by atoms with Crippen molar-refractivity contribution in [3.05, 3.63) is 104 Å². The quantitative estimate of drug-likeness (QED) is 0.593. The number of benzene rings is 1. The molecular weight excluding hydrogens is 342 g/mol. The van der Waals surface area contributed by atoms with Gasteiger partial charge < -0.3 is 5.32 Å². The van der Waals surface area contributed by atoms with Gasteiger partial charge >= 0.3 is 0 Å². The minimum atomic E-state index is -0.0329. The van der Waals surface area contributed by atoms with Crippen LogP contribution in [0.25, 0.3) is 5.65 Å². The van der Waals surface area contributed by atoms with Crippen molar-refractivity contribution in [2.24, 2.45) is 0 Å². The second kappa shape index (κ2) is 7.23. The molecule has 4 nitrogen and oxygen atoms in total. The lowest BCUT2D eigenvalue weighted by molar-refractivity contribution is -0.702. The Morgan fingerprint density at radius 3 is 2.73 bits per heavy atom. The summed E-state index contributed by atoms with van der Waals surface area (Å²) in [4.78, 5) is 18.4. The number of aromatic nitrogens is 2. The fourth-order valence-electron chi connectivity index (χ4n) is 3.15. The first-order valence-corrected chi connectivity index (χ1v) is 9.49. The molecule has 0 spiro atoms. The van der Waals surface area contributed by atoms with Crippen molar-refractivity contribution >= 4 is 17.0 Å². The maximum absolute atomic E-state index is 12.4. The van der Waals surface area contributed by atoms with Crippen LogP contribution in [0.4, 0.5) is 0 Å². The zero-order valence-corrected chi connectivity index (χ0v) is 15.3. The van der Waals surface area contributed by atoms with E-state index in [-0.39, 0.29) is 11.6 Å². The molecule has 0 bridgehead atoms. The van der Waals surface area contributed by atoms with Gasteiger partial charge in [-0.3, -0.25) is 9.20 Å². The van der Waals surface area contributed by atoms with Gasteiger partial charge in [-0.15, -0.1) is 11.3 Å². The molecule has 0 aliphatic heterocycles. The summed E-state index contributed by atoms with van der Waals surface area (Å²) in [7, 11) is 0. The van der Waals surface area contributed by atoms with Crippen molar-refractivity contribution in [2.75, 3.05) is 0 Å². The molecule has 1 atom stereocenters. The minimum Gasteiger partial charge on any atom is -0.331 e. The lowest BCUT2D eigenvalue weighted by Crippen LogP contribution is -2.84. The number of thiophene rings is 1. The van der Waals surface area contributed by atoms with Crippen LogP contribution in [0.5, 0.6) is 0 Å². The Balaban J connectivity index is 1.63. The third kappa shape index (κ3) is 3.45. The number of rotatable bonds is 5. The summed E-state index contributed by atoms with van der Waals surface area (Å²) in [6.07, 6.45) is 1.83. The number of nitrogens with two attached hydrogens (primary N) is 1. The second-order valence-electron chi connectivity index (χ2n) is 6.36. The molecule has 130 valence electrons. The average Bonchev–Trinajstić information content (AvgIpc) is 3.18. The molecular formula is C21H20N3OS+. The molecule has 4 aromatic rings. The van der Waals surface area contributed by atoms with Crippen molar-refractivity contribution in [2.45, 2.75) is 19.5 Å². The highest BCUT2D eigenvalue weighted by Gasteiger charge is 2.18. The summed E-state index contributed by atoms with van der Waals surface area (Å²) in [6.45, 7) is 2.62. The number of aryl methyl sites for hydroxylation is 1. The van der Waals surface area contributed by atoms with Crippen molar-refractivity contribution in [1.82, 2.24) is 9.38 Å². The Morgan fingerprint density at radius 1 is 1.12 bits per heavy atom. The first-order chi connectivity index (χ1) is 12.7. The lowest BCUT2D eigenvalue weighted by Gasteiger charge is -2.14. The van der Waals surface area contributed by atoms with E-state index in [4.69, 9.17) is 0 Å². The van der Waals surface area contributed by atoms with Gasteiger partial charge in [0.1, 0.15) is 23.9 Å². The van der Waals surface area contributed by atoms with E-state index < -0.39 is 0 Å². The summed E-state index contributed by atoms with van der Waals surface area (Å²) >= 11 is 1.75. The van der Waals surface area contributed by atoms with Gasteiger partial charge in [0.25, 0.3) is 5.56 Å². The van der Waals surface area contributed by atoms with Gasteiger partial charge in [-0.1, -0.05) is 42.5 Å². The van der Waals surface area contributed by atoms with Gasteiger partial charge in [0.15, 0.2) is 0 Å². The predicted molar refractivity (Wildman–Crippen MR) is 104 cm³/mol. The average molecular weight is 362 g/mol. The molecule has 3 heterocycles. The van der Waals surface area contributed by atoms with E-state index in [1.807, 2.05) is 31.3 Å². The number of pyridine rings is 1. The predicted octanol–water partition coefficient (Wildman–Crippen LogP) is 2.92. The summed E-state index contributed by atoms with van der Waals surface area (Å²) in [5.41, 5.74) is 3.76. The van der Waals surface area contributed by atoms with Crippen LogP contribution in [0.1, 0.15) is 27.7 Å². The van der Waals surface area contributed by atoms with Gasteiger partial charge in [-0.05, 0) is 30.0 Å². The highest BCUT2D eigenvalue weighted by Crippen LogP contribution is 2.22. The smallest absolute Gasteiger partial charge is 0.258 e. The molecule has 0 radical (unpaired) electrons. The van der Waals surface area contributed by atoms with Gasteiger partial charge in [-0.25, -0.2) is 4.98 Å². The zero-order chi connectivity index (χ0) is 17.9. The van der Waals surface area contributed by atoms with Gasteiger partial charge in [0, 0.05) is 17.8 Å². The van der Waals surface area contributed by atoms with Crippen molar-refractivity contribution in [3.8, 4) is 0 Å². The zero-order valence-electron chi connectivity index (χ0n) is 14.5. The highest BCUT2D eigenvalue weighted by atomic mass is 32.1. The van der Waals surface area contributed by atoms with E-state index in [1.165, 1.54) is 10.4 Å². The number of hydrogen-bond acceptors (Lipinski definition) is 3. The molecule has 2 N–H and O–H groups in total. The van der Waals surface area contributed by atoms with Crippen molar-refractivity contribution < 1.29 is 5.32 Å². The molecule has 0 unspecified atom stereocenters. The summed E-state index contributed by atoms with van der Waals surface area (Å²) in [6, 6.07) is 20.4. The van der Waals surface area contributed by atoms with E-state index in [0.29, 0.717) is 12.2 Å². The van der Waals surface area contributed by atoms with E-state index in [2.05, 4.69) is 52.1 Å². The molecule has 5 heteroatoms. The van der Waals surface area contributed by atoms with Crippen LogP contribution in [0, 0.1) is 6.92 Å². The SMILES string of the molecule is Cc1ccc2nc(C[NH2+][C@@H](c3ccccc3)c3cccs3)cc(=O)n2c1. The van der Waals surface area contributed by atoms with Crippen LogP contribution in [-0.4, -0.2) is 9.38 Å². The first kappa shape index (κ1) is 16.7. The van der Waals surface area contributed by atoms with Crippen LogP contribution in [0.15, 0.2) is 77.0 Å². The maximum atomic E-state index is 12.4. The molecule has 0 aliphatic rings. The van der Waals surface area contributed by atoms with Crippen LogP contribution >= 0.6 is 11.3 Å². The summed E-state index contributed by atoms with van der Waals surface area (Å²) in [5.74, 6) is 0. The van der Waals surface area contributed by atoms with E-state index in [0.717, 1.165) is 11.3 Å². The van der Waals surface area contributed by atoms with E-state index >= 15 is 0 Å². The standard InChI is InChI=1S/C21H19N3OS/c1-15-9-10-19-23-17(12-20(25)24(19)14-15)13-22-21(18-8-5-11-26-18)16-6-3-2-4-7-16/h2-12,14,21-22H,13H2,1H3/p+1/t21-/m0/s1. The number of fused-ring (bicyclic) bond motifs is 1. The maximum Gasteiger partial charge on any atom is 0.258 e. The van der Waals surface area contributed by atoms with Gasteiger partial charge in [0.2, 0.25) is 0 Å². The summed E-state index contributed by atoms with van der Waals surface area (Å²) in [5, 5.41) is 4.34. The van der Waals surface area contributed by atoms with Crippen LogP contribution < -0.4 is 10.9 Å². The van der Waals surface area contributed by atoms with Gasteiger partial charge in [-0.2, -0.15) is 0 Å². The lowest BCUT2D eigenvalue weighted by atomic mass is 10.1. The number of nitrogens with zero attached hydrogens (tertiary/aromatic N) is 2. The second-order valence-corrected chi connectivity index (χ2v) is 7.34. The Labute approximate surface area is 155 Å². The largest absolute Gasteiger partial charge is 0.331 e. The monoisotopic (exact) mass is 362 g/mol. The molecule has 1 aromatic carbocycles. The minimum absolute atomic E-state index is 0.0329. The Morgan fingerprint density at radius 2 is 1.96 bits per heavy atom. The fourth-order valence-corrected chi connectivity index (χ4v) is 4.00. The molecule has 0 amide bonds. The normalized spacial score (nSPS) is 12.3. The number of hydrogen-bond donors (Lipinski definition) is 1. The van der Waals surface area contributed by atoms with Crippen molar-refractivity contribution in [3.63, 3.8) is 0 Å². The fraction of sp³-hybridized carbons (Fsp3) is 0.143. The molecule has 3 aromatic heterocycles. The third-order valence-electron chi connectivity index (χ3n) is 4.43. The topological polar surface area (TPSA) is 51.0 Å². The first-order valence-electron chi connectivity index (χ1n) is 8.61. The Kier molecular flexibility index (Phi) is 4.65. The molecule has 0 fully saturated rings. The summed E-state index contributed by atoms with van der Waals surface area (Å²) < 4.78 is 1.60. The van der Waals surface area contributed by atoms with Gasteiger partial charge in [0.05, 0.1) is 4.88 Å². The highest BCUT2D eigenvalue weighted by molar-refractivity contribution is 7.10. The third-order valence-corrected chi connectivity index (χ3v) is 5.39. The van der Waals surface area contributed by atoms with Crippen LogP contribution in [-0.2, 0) is 6.54 Å².